The maximum absolute atomic E-state index is 5.36. The van der Waals surface area contributed by atoms with Crippen molar-refractivity contribution in [1.82, 2.24) is 15.5 Å². The maximum atomic E-state index is 5.36. The van der Waals surface area contributed by atoms with E-state index in [0.29, 0.717) is 0 Å². The molecule has 1 aliphatic rings. The van der Waals surface area contributed by atoms with Gasteiger partial charge in [-0.25, -0.2) is 0 Å². The molecular weight excluding hydrogens is 258 g/mol. The van der Waals surface area contributed by atoms with E-state index < -0.39 is 0 Å². The third kappa shape index (κ3) is 3.36. The first-order valence-electron chi connectivity index (χ1n) is 6.65. The van der Waals surface area contributed by atoms with Crippen LogP contribution < -0.4 is 5.32 Å². The van der Waals surface area contributed by atoms with Crippen LogP contribution in [0.15, 0.2) is 39.8 Å². The number of rotatable bonds is 4. The lowest BCUT2D eigenvalue weighted by atomic mass is 10.1. The van der Waals surface area contributed by atoms with Gasteiger partial charge in [0.25, 0.3) is 0 Å². The minimum Gasteiger partial charge on any atom is -0.338 e. The van der Waals surface area contributed by atoms with Crippen molar-refractivity contribution in [1.29, 1.82) is 0 Å². The smallest absolute Gasteiger partial charge is 0.243 e. The Hall–Kier alpha value is -1.33. The Labute approximate surface area is 117 Å². The Morgan fingerprint density at radius 1 is 1.26 bits per heavy atom. The standard InChI is InChI=1S/C14H17N3OS/c1-2-6-11(7-3-1)19-10-13-16-14(18-17-13)12-8-4-5-9-15-12/h1-3,6-7,12,15H,4-5,8-10H2. The molecule has 3 rings (SSSR count). The van der Waals surface area contributed by atoms with Crippen LogP contribution in [0.5, 0.6) is 0 Å². The second-order valence-electron chi connectivity index (χ2n) is 4.65. The molecule has 2 aromatic rings. The van der Waals surface area contributed by atoms with Gasteiger partial charge in [-0.05, 0) is 31.5 Å². The van der Waals surface area contributed by atoms with Crippen LogP contribution in [-0.4, -0.2) is 16.7 Å². The molecule has 2 heterocycles. The van der Waals surface area contributed by atoms with Crippen LogP contribution in [0.4, 0.5) is 0 Å². The van der Waals surface area contributed by atoms with Gasteiger partial charge < -0.3 is 9.84 Å². The van der Waals surface area contributed by atoms with Gasteiger partial charge in [-0.1, -0.05) is 29.8 Å². The summed E-state index contributed by atoms with van der Waals surface area (Å²) >= 11 is 1.73. The summed E-state index contributed by atoms with van der Waals surface area (Å²) in [5, 5.41) is 7.48. The highest BCUT2D eigenvalue weighted by Crippen LogP contribution is 2.24. The fraction of sp³-hybridized carbons (Fsp3) is 0.429. The molecule has 0 aliphatic carbocycles. The molecule has 0 spiro atoms. The van der Waals surface area contributed by atoms with Gasteiger partial charge in [0.2, 0.25) is 5.89 Å². The summed E-state index contributed by atoms with van der Waals surface area (Å²) in [6.45, 7) is 1.04. The molecule has 0 amide bonds. The monoisotopic (exact) mass is 275 g/mol. The highest BCUT2D eigenvalue weighted by Gasteiger charge is 2.20. The second kappa shape index (κ2) is 6.21. The summed E-state index contributed by atoms with van der Waals surface area (Å²) < 4.78 is 5.36. The molecule has 1 saturated heterocycles. The first-order valence-corrected chi connectivity index (χ1v) is 7.64. The van der Waals surface area contributed by atoms with Gasteiger partial charge in [-0.3, -0.25) is 0 Å². The summed E-state index contributed by atoms with van der Waals surface area (Å²) in [5.41, 5.74) is 0. The molecule has 1 atom stereocenters. The van der Waals surface area contributed by atoms with E-state index in [1.807, 2.05) is 18.2 Å². The molecule has 1 aromatic carbocycles. The van der Waals surface area contributed by atoms with Crippen LogP contribution in [0.25, 0.3) is 0 Å². The van der Waals surface area contributed by atoms with Crippen LogP contribution in [-0.2, 0) is 5.75 Å². The van der Waals surface area contributed by atoms with E-state index in [0.717, 1.165) is 30.4 Å². The number of benzene rings is 1. The molecule has 1 N–H and O–H groups in total. The molecule has 1 unspecified atom stereocenters. The second-order valence-corrected chi connectivity index (χ2v) is 5.70. The largest absolute Gasteiger partial charge is 0.338 e. The predicted molar refractivity (Wildman–Crippen MR) is 74.9 cm³/mol. The lowest BCUT2D eigenvalue weighted by molar-refractivity contribution is 0.296. The average Bonchev–Trinajstić information content (AvgIpc) is 2.96. The normalized spacial score (nSPS) is 19.5. The zero-order valence-electron chi connectivity index (χ0n) is 10.7. The van der Waals surface area contributed by atoms with E-state index in [1.54, 1.807) is 11.8 Å². The van der Waals surface area contributed by atoms with Gasteiger partial charge in [0, 0.05) is 4.90 Å². The van der Waals surface area contributed by atoms with Crippen molar-refractivity contribution >= 4 is 11.8 Å². The summed E-state index contributed by atoms with van der Waals surface area (Å²) in [6, 6.07) is 10.5. The summed E-state index contributed by atoms with van der Waals surface area (Å²) in [7, 11) is 0. The molecule has 19 heavy (non-hydrogen) atoms. The fourth-order valence-corrected chi connectivity index (χ4v) is 2.96. The number of hydrogen-bond acceptors (Lipinski definition) is 5. The molecule has 0 bridgehead atoms. The van der Waals surface area contributed by atoms with Gasteiger partial charge in [-0.15, -0.1) is 11.8 Å². The Morgan fingerprint density at radius 3 is 2.95 bits per heavy atom. The van der Waals surface area contributed by atoms with Crippen LogP contribution in [0.2, 0.25) is 0 Å². The van der Waals surface area contributed by atoms with Crippen molar-refractivity contribution in [2.45, 2.75) is 36.0 Å². The van der Waals surface area contributed by atoms with E-state index in [4.69, 9.17) is 4.52 Å². The molecular formula is C14H17N3OS. The van der Waals surface area contributed by atoms with E-state index in [9.17, 15) is 0 Å². The Kier molecular flexibility index (Phi) is 4.15. The van der Waals surface area contributed by atoms with Crippen molar-refractivity contribution in [3.05, 3.63) is 42.0 Å². The van der Waals surface area contributed by atoms with Crippen LogP contribution in [0.1, 0.15) is 37.0 Å². The van der Waals surface area contributed by atoms with E-state index in [1.165, 1.54) is 17.7 Å². The minimum absolute atomic E-state index is 0.247. The highest BCUT2D eigenvalue weighted by molar-refractivity contribution is 7.98. The lowest BCUT2D eigenvalue weighted by Crippen LogP contribution is -2.26. The predicted octanol–water partition coefficient (Wildman–Crippen LogP) is 3.18. The van der Waals surface area contributed by atoms with E-state index >= 15 is 0 Å². The molecule has 1 aromatic heterocycles. The van der Waals surface area contributed by atoms with Crippen LogP contribution in [0.3, 0.4) is 0 Å². The Morgan fingerprint density at radius 2 is 2.16 bits per heavy atom. The minimum atomic E-state index is 0.247. The molecule has 100 valence electrons. The first kappa shape index (κ1) is 12.7. The molecule has 1 fully saturated rings. The Bertz CT molecular complexity index is 508. The van der Waals surface area contributed by atoms with Crippen molar-refractivity contribution in [3.63, 3.8) is 0 Å². The molecule has 4 nitrogen and oxygen atoms in total. The molecule has 5 heteroatoms. The topological polar surface area (TPSA) is 51.0 Å². The average molecular weight is 275 g/mol. The van der Waals surface area contributed by atoms with Crippen molar-refractivity contribution in [2.24, 2.45) is 0 Å². The molecule has 0 saturated carbocycles. The zero-order chi connectivity index (χ0) is 12.9. The molecule has 1 aliphatic heterocycles. The van der Waals surface area contributed by atoms with E-state index in [2.05, 4.69) is 27.6 Å². The third-order valence-electron chi connectivity index (χ3n) is 3.20. The summed E-state index contributed by atoms with van der Waals surface area (Å²) in [6.07, 6.45) is 3.56. The SMILES string of the molecule is c1ccc(SCc2noc(C3CCCCN3)n2)cc1. The molecule has 0 radical (unpaired) electrons. The third-order valence-corrected chi connectivity index (χ3v) is 4.21. The quantitative estimate of drug-likeness (QED) is 0.869. The van der Waals surface area contributed by atoms with Gasteiger partial charge in [0.1, 0.15) is 0 Å². The van der Waals surface area contributed by atoms with Crippen molar-refractivity contribution < 1.29 is 4.52 Å². The Balaban J connectivity index is 1.58. The summed E-state index contributed by atoms with van der Waals surface area (Å²) in [5.74, 6) is 2.26. The van der Waals surface area contributed by atoms with Crippen LogP contribution in [0, 0.1) is 0 Å². The number of hydrogen-bond donors (Lipinski definition) is 1. The van der Waals surface area contributed by atoms with Crippen LogP contribution >= 0.6 is 11.8 Å². The summed E-state index contributed by atoms with van der Waals surface area (Å²) in [4.78, 5) is 5.71. The number of nitrogens with one attached hydrogen (secondary N) is 1. The van der Waals surface area contributed by atoms with Crippen molar-refractivity contribution in [2.75, 3.05) is 6.54 Å². The number of piperidine rings is 1. The van der Waals surface area contributed by atoms with Gasteiger partial charge >= 0.3 is 0 Å². The van der Waals surface area contributed by atoms with Gasteiger partial charge in [0.05, 0.1) is 11.8 Å². The zero-order valence-corrected chi connectivity index (χ0v) is 11.5. The first-order chi connectivity index (χ1) is 9.42. The number of nitrogens with zero attached hydrogens (tertiary/aromatic N) is 2. The van der Waals surface area contributed by atoms with Gasteiger partial charge in [0.15, 0.2) is 5.82 Å². The van der Waals surface area contributed by atoms with Gasteiger partial charge in [-0.2, -0.15) is 4.98 Å². The number of aromatic nitrogens is 2. The fourth-order valence-electron chi connectivity index (χ4n) is 2.19. The lowest BCUT2D eigenvalue weighted by Gasteiger charge is -2.19. The van der Waals surface area contributed by atoms with E-state index in [-0.39, 0.29) is 6.04 Å². The number of thioether (sulfide) groups is 1. The van der Waals surface area contributed by atoms with Crippen molar-refractivity contribution in [3.8, 4) is 0 Å². The maximum Gasteiger partial charge on any atom is 0.243 e. The highest BCUT2D eigenvalue weighted by atomic mass is 32.2.